The van der Waals surface area contributed by atoms with Crippen LogP contribution in [0.25, 0.3) is 0 Å². The normalized spacial score (nSPS) is 17.3. The lowest BCUT2D eigenvalue weighted by Gasteiger charge is -2.32. The predicted molar refractivity (Wildman–Crippen MR) is 84.9 cm³/mol. The number of hydrogen-bond donors (Lipinski definition) is 2. The quantitative estimate of drug-likeness (QED) is 0.771. The Balaban J connectivity index is 1.73. The second-order valence-corrected chi connectivity index (χ2v) is 6.05. The molecule has 5 nitrogen and oxygen atoms in total. The number of nitrogens with zero attached hydrogens (tertiary/aromatic N) is 3. The van der Waals surface area contributed by atoms with E-state index in [0.29, 0.717) is 42.2 Å². The van der Waals surface area contributed by atoms with E-state index in [9.17, 15) is 13.2 Å². The zero-order valence-corrected chi connectivity index (χ0v) is 13.7. The van der Waals surface area contributed by atoms with Crippen LogP contribution in [0.2, 0.25) is 5.15 Å². The average Bonchev–Trinajstić information content (AvgIpc) is 2.48. The third-order valence-electron chi connectivity index (χ3n) is 4.01. The van der Waals surface area contributed by atoms with Gasteiger partial charge in [0.25, 0.3) is 0 Å². The Hall–Kier alpha value is -1.28. The van der Waals surface area contributed by atoms with Crippen LogP contribution in [-0.4, -0.2) is 54.3 Å². The molecule has 2 N–H and O–H groups in total. The van der Waals surface area contributed by atoms with E-state index in [1.165, 1.54) is 11.2 Å². The molecule has 0 bridgehead atoms. The second-order valence-electron chi connectivity index (χ2n) is 5.69. The molecule has 2 heterocycles. The van der Waals surface area contributed by atoms with Crippen LogP contribution in [0.5, 0.6) is 0 Å². The van der Waals surface area contributed by atoms with Crippen LogP contribution in [0, 0.1) is 5.92 Å². The number of alkyl halides is 3. The zero-order valence-electron chi connectivity index (χ0n) is 13.0. The summed E-state index contributed by atoms with van der Waals surface area (Å²) in [7, 11) is 1.74. The van der Waals surface area contributed by atoms with Crippen molar-refractivity contribution in [2.75, 3.05) is 43.9 Å². The number of rotatable bonds is 6. The largest absolute Gasteiger partial charge is 0.401 e. The lowest BCUT2D eigenvalue weighted by molar-refractivity contribution is -0.148. The maximum absolute atomic E-state index is 12.4. The summed E-state index contributed by atoms with van der Waals surface area (Å²) < 4.78 is 37.1. The molecule has 9 heteroatoms. The van der Waals surface area contributed by atoms with Gasteiger partial charge in [-0.3, -0.25) is 4.90 Å². The fourth-order valence-corrected chi connectivity index (χ4v) is 3.03. The van der Waals surface area contributed by atoms with Gasteiger partial charge in [0.15, 0.2) is 11.0 Å². The first-order chi connectivity index (χ1) is 10.9. The van der Waals surface area contributed by atoms with E-state index in [2.05, 4.69) is 20.6 Å². The van der Waals surface area contributed by atoms with Gasteiger partial charge in [0.1, 0.15) is 12.0 Å². The van der Waals surface area contributed by atoms with Crippen molar-refractivity contribution in [3.8, 4) is 0 Å². The second kappa shape index (κ2) is 8.01. The highest BCUT2D eigenvalue weighted by molar-refractivity contribution is 6.32. The van der Waals surface area contributed by atoms with Gasteiger partial charge in [0.05, 0.1) is 6.54 Å². The highest BCUT2D eigenvalue weighted by Gasteiger charge is 2.32. The van der Waals surface area contributed by atoms with E-state index >= 15 is 0 Å². The molecule has 0 aliphatic carbocycles. The van der Waals surface area contributed by atoms with Crippen LogP contribution in [0.1, 0.15) is 19.3 Å². The summed E-state index contributed by atoms with van der Waals surface area (Å²) in [6, 6.07) is 0. The smallest absolute Gasteiger partial charge is 0.383 e. The molecule has 0 unspecified atom stereocenters. The van der Waals surface area contributed by atoms with Crippen molar-refractivity contribution in [2.45, 2.75) is 25.4 Å². The van der Waals surface area contributed by atoms with Crippen molar-refractivity contribution in [2.24, 2.45) is 5.92 Å². The maximum atomic E-state index is 12.4. The van der Waals surface area contributed by atoms with Gasteiger partial charge in [0, 0.05) is 13.6 Å². The molecule has 1 fully saturated rings. The van der Waals surface area contributed by atoms with E-state index in [0.717, 1.165) is 19.3 Å². The number of piperidine rings is 1. The lowest BCUT2D eigenvalue weighted by atomic mass is 9.93. The Morgan fingerprint density at radius 2 is 2.00 bits per heavy atom. The minimum Gasteiger partial charge on any atom is -0.383 e. The fourth-order valence-electron chi connectivity index (χ4n) is 2.80. The molecule has 0 saturated carbocycles. The van der Waals surface area contributed by atoms with Gasteiger partial charge in [-0.25, -0.2) is 9.97 Å². The van der Waals surface area contributed by atoms with Gasteiger partial charge in [-0.1, -0.05) is 11.6 Å². The Morgan fingerprint density at radius 3 is 2.61 bits per heavy atom. The highest BCUT2D eigenvalue weighted by Crippen LogP contribution is 2.27. The van der Waals surface area contributed by atoms with Crippen LogP contribution in [0.3, 0.4) is 0 Å². The van der Waals surface area contributed by atoms with Gasteiger partial charge in [0.2, 0.25) is 0 Å². The molecule has 1 saturated heterocycles. The van der Waals surface area contributed by atoms with E-state index in [-0.39, 0.29) is 0 Å². The zero-order chi connectivity index (χ0) is 16.9. The van der Waals surface area contributed by atoms with Crippen molar-refractivity contribution < 1.29 is 13.2 Å². The van der Waals surface area contributed by atoms with Gasteiger partial charge >= 0.3 is 6.18 Å². The first kappa shape index (κ1) is 18.1. The average molecular weight is 352 g/mol. The summed E-state index contributed by atoms with van der Waals surface area (Å²) in [6.45, 7) is 0.908. The molecular weight excluding hydrogens is 331 g/mol. The highest BCUT2D eigenvalue weighted by atomic mass is 35.5. The van der Waals surface area contributed by atoms with Gasteiger partial charge in [-0.05, 0) is 38.3 Å². The summed E-state index contributed by atoms with van der Waals surface area (Å²) in [6.07, 6.45) is -0.238. The van der Waals surface area contributed by atoms with Crippen molar-refractivity contribution in [1.82, 2.24) is 14.9 Å². The molecule has 0 radical (unpaired) electrons. The summed E-state index contributed by atoms with van der Waals surface area (Å²) >= 11 is 5.97. The number of hydrogen-bond acceptors (Lipinski definition) is 5. The summed E-state index contributed by atoms with van der Waals surface area (Å²) in [5.74, 6) is 1.07. The van der Waals surface area contributed by atoms with E-state index < -0.39 is 12.7 Å². The van der Waals surface area contributed by atoms with Crippen LogP contribution < -0.4 is 10.6 Å². The van der Waals surface area contributed by atoms with Gasteiger partial charge in [-0.2, -0.15) is 13.2 Å². The van der Waals surface area contributed by atoms with Crippen molar-refractivity contribution in [1.29, 1.82) is 0 Å². The molecule has 0 aromatic carbocycles. The van der Waals surface area contributed by atoms with E-state index in [4.69, 9.17) is 11.6 Å². The molecule has 1 aromatic heterocycles. The molecule has 0 amide bonds. The molecular formula is C14H21ClF3N5. The molecule has 130 valence electrons. The predicted octanol–water partition coefficient (Wildman–Crippen LogP) is 3.25. The van der Waals surface area contributed by atoms with Gasteiger partial charge in [-0.15, -0.1) is 0 Å². The number of likely N-dealkylation sites (tertiary alicyclic amines) is 1. The SMILES string of the molecule is CNc1c(Cl)ncnc1NCCC1CCN(CC(F)(F)F)CC1. The number of nitrogens with one attached hydrogen (secondary N) is 2. The molecule has 2 rings (SSSR count). The van der Waals surface area contributed by atoms with Crippen molar-refractivity contribution in [3.05, 3.63) is 11.5 Å². The van der Waals surface area contributed by atoms with E-state index in [1.54, 1.807) is 7.05 Å². The topological polar surface area (TPSA) is 53.1 Å². The first-order valence-electron chi connectivity index (χ1n) is 7.60. The fraction of sp³-hybridized carbons (Fsp3) is 0.714. The Bertz CT molecular complexity index is 504. The molecule has 0 spiro atoms. The monoisotopic (exact) mass is 351 g/mol. The summed E-state index contributed by atoms with van der Waals surface area (Å²) in [5.41, 5.74) is 0.647. The summed E-state index contributed by atoms with van der Waals surface area (Å²) in [5, 5.41) is 6.51. The maximum Gasteiger partial charge on any atom is 0.401 e. The van der Waals surface area contributed by atoms with Crippen molar-refractivity contribution in [3.63, 3.8) is 0 Å². The van der Waals surface area contributed by atoms with Crippen LogP contribution in [0.15, 0.2) is 6.33 Å². The van der Waals surface area contributed by atoms with Crippen molar-refractivity contribution >= 4 is 23.1 Å². The van der Waals surface area contributed by atoms with Crippen LogP contribution in [-0.2, 0) is 0 Å². The molecule has 0 atom stereocenters. The minimum atomic E-state index is -4.11. The van der Waals surface area contributed by atoms with E-state index in [1.807, 2.05) is 0 Å². The first-order valence-corrected chi connectivity index (χ1v) is 7.98. The third kappa shape index (κ3) is 5.69. The molecule has 1 aliphatic heterocycles. The Kier molecular flexibility index (Phi) is 6.29. The molecule has 1 aromatic rings. The van der Waals surface area contributed by atoms with Gasteiger partial charge < -0.3 is 10.6 Å². The molecule has 1 aliphatic rings. The number of halogens is 4. The lowest BCUT2D eigenvalue weighted by Crippen LogP contribution is -2.40. The van der Waals surface area contributed by atoms with Crippen LogP contribution >= 0.6 is 11.6 Å². The van der Waals surface area contributed by atoms with Crippen LogP contribution in [0.4, 0.5) is 24.7 Å². The Morgan fingerprint density at radius 1 is 1.30 bits per heavy atom. The number of anilines is 2. The third-order valence-corrected chi connectivity index (χ3v) is 4.29. The Labute approximate surface area is 138 Å². The standard InChI is InChI=1S/C14H21ClF3N5/c1-19-11-12(15)21-9-22-13(11)20-5-2-10-3-6-23(7-4-10)8-14(16,17)18/h9-10,19H,2-8H2,1H3,(H,20,21,22). The summed E-state index contributed by atoms with van der Waals surface area (Å²) in [4.78, 5) is 9.52. The minimum absolute atomic E-state index is 0.352. The number of aromatic nitrogens is 2. The molecule has 23 heavy (non-hydrogen) atoms.